The van der Waals surface area contributed by atoms with Gasteiger partial charge in [-0.15, -0.1) is 0 Å². The summed E-state index contributed by atoms with van der Waals surface area (Å²) in [5.74, 6) is 2.00. The Kier molecular flexibility index (Phi) is 6.11. The fraction of sp³-hybridized carbons (Fsp3) is 0.231. The smallest absolute Gasteiger partial charge is 0.175 e. The molecular weight excluding hydrogens is 509 g/mol. The fourth-order valence-electron chi connectivity index (χ4n) is 4.76. The van der Waals surface area contributed by atoms with E-state index in [1.807, 2.05) is 42.5 Å². The minimum absolute atomic E-state index is 0.0883. The second-order valence-electron chi connectivity index (χ2n) is 8.13. The number of ether oxygens (including phenoxy) is 2. The van der Waals surface area contributed by atoms with Crippen LogP contribution in [0.1, 0.15) is 35.1 Å². The van der Waals surface area contributed by atoms with Crippen molar-refractivity contribution in [2.45, 2.75) is 25.0 Å². The second-order valence-corrected chi connectivity index (χ2v) is 9.83. The first-order chi connectivity index (χ1) is 15.5. The zero-order valence-corrected chi connectivity index (χ0v) is 20.5. The van der Waals surface area contributed by atoms with Crippen molar-refractivity contribution < 1.29 is 9.47 Å². The molecule has 0 fully saturated rings. The van der Waals surface area contributed by atoms with E-state index < -0.39 is 0 Å². The van der Waals surface area contributed by atoms with Crippen LogP contribution in [0.5, 0.6) is 11.5 Å². The van der Waals surface area contributed by atoms with E-state index in [4.69, 9.17) is 32.7 Å². The van der Waals surface area contributed by atoms with E-state index in [1.54, 1.807) is 7.11 Å². The third-order valence-corrected chi connectivity index (χ3v) is 7.34. The summed E-state index contributed by atoms with van der Waals surface area (Å²) in [5.41, 5.74) is 4.34. The lowest BCUT2D eigenvalue weighted by molar-refractivity contribution is 0.282. The summed E-state index contributed by atoms with van der Waals surface area (Å²) in [6.07, 6.45) is 5.49. The SMILES string of the molecule is COc1cc([C@@H]2Nc3cc(Cl)cc(Cl)c3[C@H]3C=CC[C@@H]32)cc(Br)c1OCc1ccccc1. The van der Waals surface area contributed by atoms with Crippen LogP contribution in [0.15, 0.2) is 71.2 Å². The molecule has 2 aliphatic rings. The van der Waals surface area contributed by atoms with Gasteiger partial charge in [0, 0.05) is 27.2 Å². The summed E-state index contributed by atoms with van der Waals surface area (Å²) < 4.78 is 12.7. The van der Waals surface area contributed by atoms with Crippen molar-refractivity contribution in [2.24, 2.45) is 5.92 Å². The lowest BCUT2D eigenvalue weighted by Crippen LogP contribution is -2.29. The number of benzene rings is 3. The van der Waals surface area contributed by atoms with Crippen LogP contribution in [-0.4, -0.2) is 7.11 Å². The van der Waals surface area contributed by atoms with E-state index in [-0.39, 0.29) is 12.0 Å². The lowest BCUT2D eigenvalue weighted by Gasteiger charge is -2.38. The molecule has 164 valence electrons. The summed E-state index contributed by atoms with van der Waals surface area (Å²) in [4.78, 5) is 0. The third kappa shape index (κ3) is 4.00. The second kappa shape index (κ2) is 9.01. The predicted octanol–water partition coefficient (Wildman–Crippen LogP) is 8.17. The van der Waals surface area contributed by atoms with Crippen molar-refractivity contribution in [3.05, 3.63) is 98.0 Å². The monoisotopic (exact) mass is 529 g/mol. The first-order valence-corrected chi connectivity index (χ1v) is 12.1. The maximum atomic E-state index is 6.58. The first-order valence-electron chi connectivity index (χ1n) is 10.5. The molecule has 6 heteroatoms. The molecule has 1 N–H and O–H groups in total. The maximum absolute atomic E-state index is 6.58. The van der Waals surface area contributed by atoms with E-state index in [0.29, 0.717) is 34.1 Å². The van der Waals surface area contributed by atoms with Crippen molar-refractivity contribution in [2.75, 3.05) is 12.4 Å². The molecule has 3 atom stereocenters. The third-order valence-electron chi connectivity index (χ3n) is 6.22. The van der Waals surface area contributed by atoms with Crippen molar-refractivity contribution >= 4 is 44.8 Å². The van der Waals surface area contributed by atoms with Crippen LogP contribution in [0.3, 0.4) is 0 Å². The van der Waals surface area contributed by atoms with E-state index >= 15 is 0 Å². The van der Waals surface area contributed by atoms with Gasteiger partial charge < -0.3 is 14.8 Å². The average molecular weight is 531 g/mol. The van der Waals surface area contributed by atoms with Gasteiger partial charge in [-0.05, 0) is 63.7 Å². The number of hydrogen-bond donors (Lipinski definition) is 1. The summed E-state index contributed by atoms with van der Waals surface area (Å²) in [7, 11) is 1.67. The highest BCUT2D eigenvalue weighted by atomic mass is 79.9. The van der Waals surface area contributed by atoms with Crippen molar-refractivity contribution in [1.82, 2.24) is 0 Å². The van der Waals surface area contributed by atoms with Crippen molar-refractivity contribution in [1.29, 1.82) is 0 Å². The molecule has 1 aliphatic heterocycles. The van der Waals surface area contributed by atoms with Crippen LogP contribution in [0.4, 0.5) is 5.69 Å². The number of rotatable bonds is 5. The van der Waals surface area contributed by atoms with Gasteiger partial charge in [0.2, 0.25) is 0 Å². The van der Waals surface area contributed by atoms with Crippen LogP contribution in [-0.2, 0) is 6.61 Å². The number of anilines is 1. The fourth-order valence-corrected chi connectivity index (χ4v) is 5.96. The molecule has 3 nitrogen and oxygen atoms in total. The Morgan fingerprint density at radius 2 is 1.91 bits per heavy atom. The number of nitrogens with one attached hydrogen (secondary N) is 1. The molecule has 0 unspecified atom stereocenters. The summed E-state index contributed by atoms with van der Waals surface area (Å²) in [6, 6.07) is 18.1. The highest BCUT2D eigenvalue weighted by Gasteiger charge is 2.39. The summed E-state index contributed by atoms with van der Waals surface area (Å²) in [6.45, 7) is 0.468. The Morgan fingerprint density at radius 3 is 2.69 bits per heavy atom. The number of halogens is 3. The van der Waals surface area contributed by atoms with Crippen LogP contribution >= 0.6 is 39.1 Å². The molecule has 3 aromatic rings. The van der Waals surface area contributed by atoms with Gasteiger partial charge in [0.05, 0.1) is 17.6 Å². The Bertz CT molecular complexity index is 1180. The van der Waals surface area contributed by atoms with Crippen LogP contribution in [0.25, 0.3) is 0 Å². The lowest BCUT2D eigenvalue weighted by atomic mass is 9.77. The largest absolute Gasteiger partial charge is 0.493 e. The number of methoxy groups -OCH3 is 1. The zero-order chi connectivity index (χ0) is 22.2. The Labute approximate surface area is 206 Å². The van der Waals surface area contributed by atoms with Gasteiger partial charge in [0.1, 0.15) is 6.61 Å². The predicted molar refractivity (Wildman–Crippen MR) is 134 cm³/mol. The number of fused-ring (bicyclic) bond motifs is 3. The molecule has 0 radical (unpaired) electrons. The van der Waals surface area contributed by atoms with E-state index in [9.17, 15) is 0 Å². The zero-order valence-electron chi connectivity index (χ0n) is 17.4. The molecule has 1 heterocycles. The van der Waals surface area contributed by atoms with Gasteiger partial charge in [0.15, 0.2) is 11.5 Å². The minimum atomic E-state index is 0.0883. The molecule has 0 aromatic heterocycles. The molecule has 0 spiro atoms. The van der Waals surface area contributed by atoms with E-state index in [1.165, 1.54) is 0 Å². The van der Waals surface area contributed by atoms with Crippen LogP contribution in [0.2, 0.25) is 10.0 Å². The standard InChI is InChI=1S/C26H22BrCl2NO2/c1-31-23-11-16(10-20(27)26(23)32-14-15-6-3-2-4-7-15)25-19-9-5-8-18(19)24-21(29)12-17(28)13-22(24)30-25/h2-8,10-13,18-19,25,30H,9,14H2,1H3/t18-,19-,25-/m0/s1. The Balaban J connectivity index is 1.49. The van der Waals surface area contributed by atoms with Gasteiger partial charge in [-0.25, -0.2) is 0 Å². The molecule has 0 amide bonds. The molecule has 3 aromatic carbocycles. The Morgan fingerprint density at radius 1 is 1.09 bits per heavy atom. The highest BCUT2D eigenvalue weighted by Crippen LogP contribution is 2.53. The van der Waals surface area contributed by atoms with Gasteiger partial charge in [-0.2, -0.15) is 0 Å². The molecule has 0 saturated heterocycles. The minimum Gasteiger partial charge on any atom is -0.493 e. The highest BCUT2D eigenvalue weighted by molar-refractivity contribution is 9.10. The normalized spacial score (nSPS) is 20.9. The molecule has 32 heavy (non-hydrogen) atoms. The van der Waals surface area contributed by atoms with Gasteiger partial charge in [-0.1, -0.05) is 65.7 Å². The molecule has 0 bridgehead atoms. The molecule has 1 aliphatic carbocycles. The van der Waals surface area contributed by atoms with E-state index in [2.05, 4.69) is 45.5 Å². The van der Waals surface area contributed by atoms with Crippen molar-refractivity contribution in [3.63, 3.8) is 0 Å². The Hall–Kier alpha value is -2.14. The first kappa shape index (κ1) is 21.7. The van der Waals surface area contributed by atoms with Crippen LogP contribution < -0.4 is 14.8 Å². The summed E-state index contributed by atoms with van der Waals surface area (Å²) in [5, 5.41) is 5.04. The van der Waals surface area contributed by atoms with Crippen LogP contribution in [0, 0.1) is 5.92 Å². The van der Waals surface area contributed by atoms with Gasteiger partial charge in [0.25, 0.3) is 0 Å². The topological polar surface area (TPSA) is 30.5 Å². The molecular formula is C26H22BrCl2NO2. The average Bonchev–Trinajstić information content (AvgIpc) is 3.27. The molecule has 5 rings (SSSR count). The maximum Gasteiger partial charge on any atom is 0.175 e. The molecule has 0 saturated carbocycles. The van der Waals surface area contributed by atoms with Crippen molar-refractivity contribution in [3.8, 4) is 11.5 Å². The van der Waals surface area contributed by atoms with Gasteiger partial charge >= 0.3 is 0 Å². The van der Waals surface area contributed by atoms with E-state index in [0.717, 1.165) is 33.3 Å². The quantitative estimate of drug-likeness (QED) is 0.337. The summed E-state index contributed by atoms with van der Waals surface area (Å²) >= 11 is 16.6. The number of allylic oxidation sites excluding steroid dienone is 2. The number of hydrogen-bond acceptors (Lipinski definition) is 3. The van der Waals surface area contributed by atoms with Gasteiger partial charge in [-0.3, -0.25) is 0 Å².